The maximum Gasteiger partial charge on any atom is 0.276 e. The predicted octanol–water partition coefficient (Wildman–Crippen LogP) is 1.84. The first-order chi connectivity index (χ1) is 11.7. The Hall–Kier alpha value is -2.55. The summed E-state index contributed by atoms with van der Waals surface area (Å²) in [5, 5.41) is 6.24. The maximum atomic E-state index is 13.9. The lowest BCUT2D eigenvalue weighted by Gasteiger charge is -2.09. The number of hydrogen-bond donors (Lipinski definition) is 1. The molecule has 134 valence electrons. The van der Waals surface area contributed by atoms with Gasteiger partial charge in [0.25, 0.3) is 11.5 Å². The number of unbranched alkanes of at least 4 members (excludes halogenated alkanes) is 1. The third-order valence-electron chi connectivity index (χ3n) is 3.44. The molecular formula is C16H18FN3O4S. The lowest BCUT2D eigenvalue weighted by atomic mass is 10.3. The molecule has 0 aliphatic rings. The molecule has 2 rings (SSSR count). The Kier molecular flexibility index (Phi) is 5.68. The summed E-state index contributed by atoms with van der Waals surface area (Å²) in [5.74, 6) is -1.52. The van der Waals surface area contributed by atoms with E-state index in [1.54, 1.807) is 0 Å². The highest BCUT2D eigenvalue weighted by atomic mass is 32.2. The van der Waals surface area contributed by atoms with Gasteiger partial charge in [0, 0.05) is 18.9 Å². The maximum absolute atomic E-state index is 13.9. The monoisotopic (exact) mass is 367 g/mol. The summed E-state index contributed by atoms with van der Waals surface area (Å²) in [4.78, 5) is 23.8. The second kappa shape index (κ2) is 7.56. The van der Waals surface area contributed by atoms with E-state index in [1.807, 2.05) is 6.92 Å². The SMILES string of the molecule is CCCCn1nc(C(=O)Nc2cc(S(C)(=O)=O)ccc2F)ccc1=O. The molecule has 0 bridgehead atoms. The highest BCUT2D eigenvalue weighted by molar-refractivity contribution is 7.90. The van der Waals surface area contributed by atoms with Crippen LogP contribution in [-0.4, -0.2) is 30.4 Å². The van der Waals surface area contributed by atoms with Crippen molar-refractivity contribution in [2.75, 3.05) is 11.6 Å². The van der Waals surface area contributed by atoms with E-state index in [0.29, 0.717) is 6.54 Å². The minimum Gasteiger partial charge on any atom is -0.318 e. The zero-order valence-electron chi connectivity index (χ0n) is 13.8. The second-order valence-electron chi connectivity index (χ2n) is 5.50. The Morgan fingerprint density at radius 3 is 2.64 bits per heavy atom. The van der Waals surface area contributed by atoms with Crippen molar-refractivity contribution < 1.29 is 17.6 Å². The quantitative estimate of drug-likeness (QED) is 0.786. The minimum atomic E-state index is -3.54. The molecule has 1 aromatic carbocycles. The molecule has 2 aromatic rings. The first-order valence-corrected chi connectivity index (χ1v) is 9.50. The average Bonchev–Trinajstić information content (AvgIpc) is 2.55. The van der Waals surface area contributed by atoms with Crippen LogP contribution in [0.1, 0.15) is 30.3 Å². The molecule has 25 heavy (non-hydrogen) atoms. The summed E-state index contributed by atoms with van der Waals surface area (Å²) in [6.07, 6.45) is 2.56. The van der Waals surface area contributed by atoms with Crippen LogP contribution < -0.4 is 10.9 Å². The van der Waals surface area contributed by atoms with Crippen LogP contribution >= 0.6 is 0 Å². The fourth-order valence-electron chi connectivity index (χ4n) is 2.06. The van der Waals surface area contributed by atoms with E-state index >= 15 is 0 Å². The number of rotatable bonds is 6. The van der Waals surface area contributed by atoms with E-state index < -0.39 is 21.6 Å². The topological polar surface area (TPSA) is 98.1 Å². The summed E-state index contributed by atoms with van der Waals surface area (Å²) in [6, 6.07) is 5.56. The van der Waals surface area contributed by atoms with E-state index in [4.69, 9.17) is 0 Å². The molecule has 1 N–H and O–H groups in total. The smallest absolute Gasteiger partial charge is 0.276 e. The van der Waals surface area contributed by atoms with Gasteiger partial charge in [-0.05, 0) is 30.7 Å². The van der Waals surface area contributed by atoms with E-state index in [2.05, 4.69) is 10.4 Å². The van der Waals surface area contributed by atoms with E-state index in [0.717, 1.165) is 37.3 Å². The van der Waals surface area contributed by atoms with E-state index in [-0.39, 0.29) is 21.8 Å². The number of benzene rings is 1. The zero-order valence-corrected chi connectivity index (χ0v) is 14.6. The number of nitrogens with zero attached hydrogens (tertiary/aromatic N) is 2. The number of hydrogen-bond acceptors (Lipinski definition) is 5. The Bertz CT molecular complexity index is 954. The molecule has 7 nitrogen and oxygen atoms in total. The van der Waals surface area contributed by atoms with E-state index in [1.165, 1.54) is 16.8 Å². The van der Waals surface area contributed by atoms with Gasteiger partial charge in [0.15, 0.2) is 9.84 Å². The number of carbonyl (C=O) groups is 1. The van der Waals surface area contributed by atoms with Gasteiger partial charge >= 0.3 is 0 Å². The fraction of sp³-hybridized carbons (Fsp3) is 0.312. The molecular weight excluding hydrogens is 349 g/mol. The van der Waals surface area contributed by atoms with Crippen molar-refractivity contribution in [1.29, 1.82) is 0 Å². The number of amides is 1. The van der Waals surface area contributed by atoms with Gasteiger partial charge in [-0.25, -0.2) is 17.5 Å². The van der Waals surface area contributed by atoms with Crippen LogP contribution in [0.15, 0.2) is 40.0 Å². The normalized spacial score (nSPS) is 11.3. The molecule has 1 aromatic heterocycles. The lowest BCUT2D eigenvalue weighted by Crippen LogP contribution is -2.26. The second-order valence-corrected chi connectivity index (χ2v) is 7.52. The third-order valence-corrected chi connectivity index (χ3v) is 4.55. The first kappa shape index (κ1) is 18.8. The van der Waals surface area contributed by atoms with Crippen molar-refractivity contribution in [2.24, 2.45) is 0 Å². The molecule has 1 amide bonds. The number of aryl methyl sites for hydroxylation is 1. The van der Waals surface area contributed by atoms with Crippen LogP contribution in [0, 0.1) is 5.82 Å². The van der Waals surface area contributed by atoms with Crippen molar-refractivity contribution in [3.8, 4) is 0 Å². The largest absolute Gasteiger partial charge is 0.318 e. The molecule has 0 unspecified atom stereocenters. The summed E-state index contributed by atoms with van der Waals surface area (Å²) < 4.78 is 38.1. The Balaban J connectivity index is 2.30. The highest BCUT2D eigenvalue weighted by Crippen LogP contribution is 2.20. The molecule has 0 saturated carbocycles. The molecule has 0 fully saturated rings. The van der Waals surface area contributed by atoms with Gasteiger partial charge < -0.3 is 5.32 Å². The van der Waals surface area contributed by atoms with Gasteiger partial charge in [0.05, 0.1) is 10.6 Å². The number of anilines is 1. The molecule has 0 saturated heterocycles. The highest BCUT2D eigenvalue weighted by Gasteiger charge is 2.15. The van der Waals surface area contributed by atoms with Crippen molar-refractivity contribution in [3.05, 3.63) is 52.2 Å². The van der Waals surface area contributed by atoms with Crippen LogP contribution in [-0.2, 0) is 16.4 Å². The van der Waals surface area contributed by atoms with E-state index in [9.17, 15) is 22.4 Å². The van der Waals surface area contributed by atoms with Crippen molar-refractivity contribution in [1.82, 2.24) is 9.78 Å². The minimum absolute atomic E-state index is 0.0696. The van der Waals surface area contributed by atoms with Crippen molar-refractivity contribution in [2.45, 2.75) is 31.2 Å². The first-order valence-electron chi connectivity index (χ1n) is 7.61. The summed E-state index contributed by atoms with van der Waals surface area (Å²) in [6.45, 7) is 2.33. The Labute approximate surface area is 144 Å². The molecule has 1 heterocycles. The molecule has 0 aliphatic heterocycles. The Morgan fingerprint density at radius 1 is 1.28 bits per heavy atom. The number of carbonyl (C=O) groups excluding carboxylic acids is 1. The number of halogens is 1. The fourth-order valence-corrected chi connectivity index (χ4v) is 2.70. The van der Waals surface area contributed by atoms with Crippen molar-refractivity contribution >= 4 is 21.4 Å². The van der Waals surface area contributed by atoms with Crippen LogP contribution in [0.5, 0.6) is 0 Å². The van der Waals surface area contributed by atoms with Gasteiger partial charge in [-0.3, -0.25) is 9.59 Å². The third kappa shape index (κ3) is 4.72. The summed E-state index contributed by atoms with van der Waals surface area (Å²) >= 11 is 0. The number of aromatic nitrogens is 2. The predicted molar refractivity (Wildman–Crippen MR) is 90.9 cm³/mol. The van der Waals surface area contributed by atoms with Gasteiger partial charge in [0.2, 0.25) is 0 Å². The summed E-state index contributed by atoms with van der Waals surface area (Å²) in [5.41, 5.74) is -0.684. The van der Waals surface area contributed by atoms with Gasteiger partial charge in [-0.15, -0.1) is 0 Å². The molecule has 0 atom stereocenters. The van der Waals surface area contributed by atoms with Crippen LogP contribution in [0.25, 0.3) is 0 Å². The molecule has 0 spiro atoms. The zero-order chi connectivity index (χ0) is 18.6. The number of sulfone groups is 1. The van der Waals surface area contributed by atoms with Crippen LogP contribution in [0.2, 0.25) is 0 Å². The number of nitrogens with one attached hydrogen (secondary N) is 1. The lowest BCUT2D eigenvalue weighted by molar-refractivity contribution is 0.101. The Morgan fingerprint density at radius 2 is 2.00 bits per heavy atom. The van der Waals surface area contributed by atoms with Gasteiger partial charge in [-0.2, -0.15) is 5.10 Å². The van der Waals surface area contributed by atoms with Crippen molar-refractivity contribution in [3.63, 3.8) is 0 Å². The van der Waals surface area contributed by atoms with Gasteiger partial charge in [-0.1, -0.05) is 13.3 Å². The average molecular weight is 367 g/mol. The standard InChI is InChI=1S/C16H18FN3O4S/c1-3-4-9-20-15(21)8-7-13(19-20)16(22)18-14-10-11(25(2,23)24)5-6-12(14)17/h5-8,10H,3-4,9H2,1-2H3,(H,18,22). The summed E-state index contributed by atoms with van der Waals surface area (Å²) in [7, 11) is -3.54. The van der Waals surface area contributed by atoms with Gasteiger partial charge in [0.1, 0.15) is 11.5 Å². The molecule has 0 radical (unpaired) electrons. The molecule has 0 aliphatic carbocycles. The molecule has 9 heteroatoms. The van der Waals surface area contributed by atoms with Crippen LogP contribution in [0.3, 0.4) is 0 Å². The van der Waals surface area contributed by atoms with Crippen LogP contribution in [0.4, 0.5) is 10.1 Å².